The van der Waals surface area contributed by atoms with Crippen LogP contribution < -0.4 is 11.1 Å². The highest BCUT2D eigenvalue weighted by molar-refractivity contribution is 5.86. The summed E-state index contributed by atoms with van der Waals surface area (Å²) in [4.78, 5) is 14.2. The van der Waals surface area contributed by atoms with Crippen molar-refractivity contribution in [1.29, 1.82) is 0 Å². The molecule has 1 atom stereocenters. The average molecular weight is 350 g/mol. The molecule has 0 radical (unpaired) electrons. The Hall–Kier alpha value is -0.810. The Labute approximate surface area is 146 Å². The zero-order valence-corrected chi connectivity index (χ0v) is 15.5. The summed E-state index contributed by atoms with van der Waals surface area (Å²) in [5.41, 5.74) is 7.57. The topological polar surface area (TPSA) is 58.4 Å². The van der Waals surface area contributed by atoms with E-state index < -0.39 is 5.54 Å². The van der Waals surface area contributed by atoms with Gasteiger partial charge in [0.1, 0.15) is 0 Å². The molecule has 4 nitrogen and oxygen atoms in total. The van der Waals surface area contributed by atoms with E-state index in [4.69, 9.17) is 5.73 Å². The Bertz CT molecular complexity index is 451. The van der Waals surface area contributed by atoms with E-state index >= 15 is 0 Å². The summed E-state index contributed by atoms with van der Waals surface area (Å²) in [5.74, 6) is -0.0858. The van der Waals surface area contributed by atoms with Crippen LogP contribution in [0.5, 0.6) is 0 Å². The van der Waals surface area contributed by atoms with Crippen LogP contribution in [-0.2, 0) is 17.9 Å². The summed E-state index contributed by atoms with van der Waals surface area (Å²) >= 11 is 0. The number of benzene rings is 1. The molecule has 1 rings (SSSR count). The van der Waals surface area contributed by atoms with Crippen molar-refractivity contribution in [3.8, 4) is 0 Å². The molecule has 128 valence electrons. The predicted octanol–water partition coefficient (Wildman–Crippen LogP) is 2.73. The van der Waals surface area contributed by atoms with Gasteiger partial charge < -0.3 is 16.0 Å². The zero-order valence-electron chi connectivity index (χ0n) is 13.9. The first-order valence-electron chi connectivity index (χ1n) is 7.15. The predicted molar refractivity (Wildman–Crippen MR) is 97.7 cm³/mol. The number of carbonyl (C=O) groups excluding carboxylic acids is 1. The van der Waals surface area contributed by atoms with Crippen LogP contribution >= 0.6 is 24.8 Å². The maximum absolute atomic E-state index is 12.0. The van der Waals surface area contributed by atoms with E-state index in [1.807, 2.05) is 33.2 Å². The van der Waals surface area contributed by atoms with E-state index in [1.165, 1.54) is 5.56 Å². The average Bonchev–Trinajstić information content (AvgIpc) is 2.35. The first kappa shape index (κ1) is 23.5. The Balaban J connectivity index is 0. The highest BCUT2D eigenvalue weighted by Crippen LogP contribution is 2.10. The largest absolute Gasteiger partial charge is 0.350 e. The summed E-state index contributed by atoms with van der Waals surface area (Å²) < 4.78 is 0. The standard InChI is InChI=1S/C16H27N3O.2ClH/c1-5-9-16(2,17)15(20)18-11-13-7-6-8-14(10-13)12-19(3)4;;/h6-8,10H,5,9,11-12,17H2,1-4H3,(H,18,20);2*1H. The second-order valence-corrected chi connectivity index (χ2v) is 5.91. The van der Waals surface area contributed by atoms with Gasteiger partial charge >= 0.3 is 0 Å². The molecule has 1 amide bonds. The van der Waals surface area contributed by atoms with Crippen molar-refractivity contribution >= 4 is 30.7 Å². The molecule has 0 aliphatic heterocycles. The first-order chi connectivity index (χ1) is 9.35. The lowest BCUT2D eigenvalue weighted by Gasteiger charge is -2.23. The fourth-order valence-electron chi connectivity index (χ4n) is 2.22. The van der Waals surface area contributed by atoms with Crippen LogP contribution in [-0.4, -0.2) is 30.4 Å². The van der Waals surface area contributed by atoms with Crippen LogP contribution in [0.1, 0.15) is 37.8 Å². The molecule has 0 saturated heterocycles. The normalized spacial score (nSPS) is 12.8. The molecule has 0 aliphatic rings. The molecule has 0 heterocycles. The van der Waals surface area contributed by atoms with E-state index in [0.29, 0.717) is 13.0 Å². The van der Waals surface area contributed by atoms with Crippen LogP contribution in [0.15, 0.2) is 24.3 Å². The molecule has 6 heteroatoms. The van der Waals surface area contributed by atoms with Gasteiger partial charge in [0.05, 0.1) is 5.54 Å². The smallest absolute Gasteiger partial charge is 0.240 e. The number of nitrogens with two attached hydrogens (primary N) is 1. The van der Waals surface area contributed by atoms with Crippen molar-refractivity contribution < 1.29 is 4.79 Å². The van der Waals surface area contributed by atoms with Crippen LogP contribution in [0.2, 0.25) is 0 Å². The fraction of sp³-hybridized carbons (Fsp3) is 0.562. The number of nitrogens with one attached hydrogen (secondary N) is 1. The van der Waals surface area contributed by atoms with Crippen molar-refractivity contribution in [3.63, 3.8) is 0 Å². The lowest BCUT2D eigenvalue weighted by Crippen LogP contribution is -2.51. The lowest BCUT2D eigenvalue weighted by atomic mass is 9.96. The van der Waals surface area contributed by atoms with Gasteiger partial charge in [0.15, 0.2) is 0 Å². The molecule has 0 aromatic heterocycles. The van der Waals surface area contributed by atoms with Gasteiger partial charge in [-0.3, -0.25) is 4.79 Å². The monoisotopic (exact) mass is 349 g/mol. The van der Waals surface area contributed by atoms with E-state index in [2.05, 4.69) is 22.3 Å². The SMILES string of the molecule is CCCC(C)(N)C(=O)NCc1cccc(CN(C)C)c1.Cl.Cl. The molecule has 1 unspecified atom stereocenters. The summed E-state index contributed by atoms with van der Waals surface area (Å²) in [6.07, 6.45) is 1.60. The maximum atomic E-state index is 12.0. The minimum atomic E-state index is -0.782. The van der Waals surface area contributed by atoms with Crippen molar-refractivity contribution in [2.45, 2.75) is 45.3 Å². The summed E-state index contributed by atoms with van der Waals surface area (Å²) in [5, 5.41) is 2.93. The third-order valence-electron chi connectivity index (χ3n) is 3.23. The Kier molecular flexibility index (Phi) is 11.6. The van der Waals surface area contributed by atoms with Gasteiger partial charge in [-0.15, -0.1) is 24.8 Å². The minimum Gasteiger partial charge on any atom is -0.350 e. The number of halogens is 2. The summed E-state index contributed by atoms with van der Waals surface area (Å²) in [6.45, 7) is 5.24. The molecule has 22 heavy (non-hydrogen) atoms. The van der Waals surface area contributed by atoms with E-state index in [9.17, 15) is 4.79 Å². The molecule has 0 spiro atoms. The van der Waals surface area contributed by atoms with Crippen LogP contribution in [0, 0.1) is 0 Å². The Morgan fingerprint density at radius 1 is 1.27 bits per heavy atom. The fourth-order valence-corrected chi connectivity index (χ4v) is 2.22. The molecule has 0 aliphatic carbocycles. The molecule has 0 saturated carbocycles. The zero-order chi connectivity index (χ0) is 15.2. The molecule has 0 fully saturated rings. The van der Waals surface area contributed by atoms with Gasteiger partial charge in [-0.1, -0.05) is 37.6 Å². The van der Waals surface area contributed by atoms with Gasteiger partial charge in [-0.05, 0) is 38.6 Å². The second kappa shape index (κ2) is 10.8. The highest BCUT2D eigenvalue weighted by atomic mass is 35.5. The van der Waals surface area contributed by atoms with Crippen LogP contribution in [0.3, 0.4) is 0 Å². The first-order valence-corrected chi connectivity index (χ1v) is 7.15. The van der Waals surface area contributed by atoms with Crippen molar-refractivity contribution in [2.24, 2.45) is 5.73 Å². The van der Waals surface area contributed by atoms with E-state index in [1.54, 1.807) is 6.92 Å². The molecule has 3 N–H and O–H groups in total. The highest BCUT2D eigenvalue weighted by Gasteiger charge is 2.26. The number of hydrogen-bond acceptors (Lipinski definition) is 3. The van der Waals surface area contributed by atoms with Crippen molar-refractivity contribution in [3.05, 3.63) is 35.4 Å². The Morgan fingerprint density at radius 3 is 2.41 bits per heavy atom. The van der Waals surface area contributed by atoms with Gasteiger partial charge in [0.25, 0.3) is 0 Å². The minimum absolute atomic E-state index is 0. The number of carbonyl (C=O) groups is 1. The number of hydrogen-bond donors (Lipinski definition) is 2. The van der Waals surface area contributed by atoms with E-state index in [0.717, 1.165) is 18.5 Å². The number of nitrogens with zero attached hydrogens (tertiary/aromatic N) is 1. The molecule has 0 bridgehead atoms. The number of rotatable bonds is 7. The molecule has 1 aromatic rings. The van der Waals surface area contributed by atoms with Crippen molar-refractivity contribution in [1.82, 2.24) is 10.2 Å². The third-order valence-corrected chi connectivity index (χ3v) is 3.23. The quantitative estimate of drug-likeness (QED) is 0.795. The molecular weight excluding hydrogens is 321 g/mol. The van der Waals surface area contributed by atoms with Crippen LogP contribution in [0.25, 0.3) is 0 Å². The summed E-state index contributed by atoms with van der Waals surface area (Å²) in [7, 11) is 4.08. The second-order valence-electron chi connectivity index (χ2n) is 5.91. The molecule has 1 aromatic carbocycles. The molecular formula is C16H29Cl2N3O. The van der Waals surface area contributed by atoms with Gasteiger partial charge in [-0.25, -0.2) is 0 Å². The lowest BCUT2D eigenvalue weighted by molar-refractivity contribution is -0.126. The third kappa shape index (κ3) is 7.99. The van der Waals surface area contributed by atoms with E-state index in [-0.39, 0.29) is 30.7 Å². The summed E-state index contributed by atoms with van der Waals surface area (Å²) in [6, 6.07) is 8.25. The number of amides is 1. The van der Waals surface area contributed by atoms with Gasteiger partial charge in [-0.2, -0.15) is 0 Å². The Morgan fingerprint density at radius 2 is 1.86 bits per heavy atom. The maximum Gasteiger partial charge on any atom is 0.240 e. The van der Waals surface area contributed by atoms with Crippen LogP contribution in [0.4, 0.5) is 0 Å². The van der Waals surface area contributed by atoms with Crippen molar-refractivity contribution in [2.75, 3.05) is 14.1 Å². The van der Waals surface area contributed by atoms with Gasteiger partial charge in [0.2, 0.25) is 5.91 Å². The van der Waals surface area contributed by atoms with Gasteiger partial charge in [0, 0.05) is 13.1 Å².